The Hall–Kier alpha value is -3.34. The molecule has 35 heavy (non-hydrogen) atoms. The number of carbonyl (C=O) groups is 3. The number of hydrazone groups is 1. The van der Waals surface area contributed by atoms with Gasteiger partial charge < -0.3 is 24.8 Å². The number of benzene rings is 2. The molecule has 1 aliphatic rings. The third-order valence-corrected chi connectivity index (χ3v) is 5.36. The summed E-state index contributed by atoms with van der Waals surface area (Å²) in [7, 11) is 1.41. The number of nitrogens with one attached hydrogen (secondary N) is 3. The molecule has 186 valence electrons. The molecule has 2 aromatic rings. The Kier molecular flexibility index (Phi) is 9.71. The van der Waals surface area contributed by atoms with E-state index < -0.39 is 17.7 Å². The van der Waals surface area contributed by atoms with Crippen molar-refractivity contribution in [3.8, 4) is 11.5 Å². The van der Waals surface area contributed by atoms with Crippen LogP contribution in [0.3, 0.4) is 0 Å². The standard InChI is InChI=1S/C23H24Cl2N4O6/c1-33-19-10-14(11-27-29-23(32)22(31)26-12-17-3-2-8-34-17)9-18(25)21(19)35-13-20(30)28-16-6-4-15(24)5-7-16/h4-7,9-11,17H,2-3,8,12-13H2,1H3,(H,26,31)(H,28,30)(H,29,32)/b27-11-/t17-/m1/s1. The van der Waals surface area contributed by atoms with Crippen LogP contribution < -0.4 is 25.5 Å². The number of amides is 3. The van der Waals surface area contributed by atoms with E-state index in [4.69, 9.17) is 37.4 Å². The monoisotopic (exact) mass is 522 g/mol. The van der Waals surface area contributed by atoms with Gasteiger partial charge in [0.05, 0.1) is 24.5 Å². The minimum atomic E-state index is -0.913. The van der Waals surface area contributed by atoms with Crippen molar-refractivity contribution in [1.29, 1.82) is 0 Å². The number of carbonyl (C=O) groups excluding carboxylic acids is 3. The Morgan fingerprint density at radius 3 is 2.63 bits per heavy atom. The zero-order valence-corrected chi connectivity index (χ0v) is 20.3. The molecule has 12 heteroatoms. The van der Waals surface area contributed by atoms with Gasteiger partial charge in [-0.25, -0.2) is 5.43 Å². The summed E-state index contributed by atoms with van der Waals surface area (Å²) in [6.45, 7) is 0.606. The maximum absolute atomic E-state index is 12.2. The number of halogens is 2. The minimum absolute atomic E-state index is 0.0749. The van der Waals surface area contributed by atoms with Crippen LogP contribution in [0.5, 0.6) is 11.5 Å². The second-order valence-corrected chi connectivity index (χ2v) is 8.27. The van der Waals surface area contributed by atoms with E-state index in [1.54, 1.807) is 30.3 Å². The highest BCUT2D eigenvalue weighted by atomic mass is 35.5. The van der Waals surface area contributed by atoms with Crippen LogP contribution >= 0.6 is 23.2 Å². The van der Waals surface area contributed by atoms with Crippen LogP contribution in [0.2, 0.25) is 10.0 Å². The molecule has 1 fully saturated rings. The molecule has 0 aliphatic carbocycles. The SMILES string of the molecule is COc1cc(/C=N\NC(=O)C(=O)NC[C@H]2CCCO2)cc(Cl)c1OCC(=O)Nc1ccc(Cl)cc1. The van der Waals surface area contributed by atoms with Gasteiger partial charge in [0.2, 0.25) is 0 Å². The van der Waals surface area contributed by atoms with Crippen molar-refractivity contribution in [2.75, 3.05) is 32.2 Å². The Morgan fingerprint density at radius 2 is 1.94 bits per heavy atom. The fourth-order valence-corrected chi connectivity index (χ4v) is 3.53. The molecule has 0 saturated carbocycles. The second kappa shape index (κ2) is 12.9. The van der Waals surface area contributed by atoms with Gasteiger partial charge in [0, 0.05) is 23.9 Å². The second-order valence-electron chi connectivity index (χ2n) is 7.42. The van der Waals surface area contributed by atoms with Gasteiger partial charge in [-0.3, -0.25) is 14.4 Å². The van der Waals surface area contributed by atoms with E-state index in [1.165, 1.54) is 19.4 Å². The van der Waals surface area contributed by atoms with Gasteiger partial charge in [0.15, 0.2) is 18.1 Å². The molecule has 2 aromatic carbocycles. The maximum Gasteiger partial charge on any atom is 0.329 e. The van der Waals surface area contributed by atoms with Crippen LogP contribution in [-0.2, 0) is 19.1 Å². The first-order chi connectivity index (χ1) is 16.9. The van der Waals surface area contributed by atoms with E-state index in [0.29, 0.717) is 22.9 Å². The van der Waals surface area contributed by atoms with Crippen LogP contribution in [0.25, 0.3) is 0 Å². The van der Waals surface area contributed by atoms with E-state index in [9.17, 15) is 14.4 Å². The predicted octanol–water partition coefficient (Wildman–Crippen LogP) is 2.76. The van der Waals surface area contributed by atoms with Gasteiger partial charge in [0.1, 0.15) is 0 Å². The van der Waals surface area contributed by atoms with Crippen LogP contribution in [0.1, 0.15) is 18.4 Å². The van der Waals surface area contributed by atoms with Crippen molar-refractivity contribution in [1.82, 2.24) is 10.7 Å². The summed E-state index contributed by atoms with van der Waals surface area (Å²) in [6, 6.07) is 9.68. The molecule has 3 N–H and O–H groups in total. The van der Waals surface area contributed by atoms with Crippen molar-refractivity contribution < 1.29 is 28.6 Å². The first-order valence-electron chi connectivity index (χ1n) is 10.6. The van der Waals surface area contributed by atoms with Crippen molar-refractivity contribution >= 4 is 52.8 Å². The van der Waals surface area contributed by atoms with E-state index in [0.717, 1.165) is 12.8 Å². The summed E-state index contributed by atoms with van der Waals surface area (Å²) in [6.07, 6.45) is 2.99. The maximum atomic E-state index is 12.2. The first kappa shape index (κ1) is 26.3. The Bertz CT molecular complexity index is 1090. The van der Waals surface area contributed by atoms with Crippen LogP contribution in [-0.4, -0.2) is 56.9 Å². The van der Waals surface area contributed by atoms with Crippen molar-refractivity contribution in [2.24, 2.45) is 5.10 Å². The van der Waals surface area contributed by atoms with E-state index in [1.807, 2.05) is 0 Å². The molecule has 1 saturated heterocycles. The molecule has 10 nitrogen and oxygen atoms in total. The summed E-state index contributed by atoms with van der Waals surface area (Å²) >= 11 is 12.1. The number of rotatable bonds is 9. The third-order valence-electron chi connectivity index (χ3n) is 4.83. The Balaban J connectivity index is 1.52. The van der Waals surface area contributed by atoms with E-state index >= 15 is 0 Å². The summed E-state index contributed by atoms with van der Waals surface area (Å²) in [5.41, 5.74) is 3.17. The fraction of sp³-hybridized carbons (Fsp3) is 0.304. The number of anilines is 1. The highest BCUT2D eigenvalue weighted by Crippen LogP contribution is 2.36. The van der Waals surface area contributed by atoms with E-state index in [2.05, 4.69) is 21.2 Å². The van der Waals surface area contributed by atoms with Crippen LogP contribution in [0.4, 0.5) is 5.69 Å². The Morgan fingerprint density at radius 1 is 1.17 bits per heavy atom. The summed E-state index contributed by atoms with van der Waals surface area (Å²) in [5, 5.41) is 9.66. The third kappa shape index (κ3) is 8.13. The summed E-state index contributed by atoms with van der Waals surface area (Å²) in [5.74, 6) is -1.72. The van der Waals surface area contributed by atoms with Crippen molar-refractivity contribution in [3.63, 3.8) is 0 Å². The molecule has 0 spiro atoms. The topological polar surface area (TPSA) is 127 Å². The molecule has 0 bridgehead atoms. The van der Waals surface area contributed by atoms with Gasteiger partial charge in [-0.1, -0.05) is 23.2 Å². The lowest BCUT2D eigenvalue weighted by molar-refractivity contribution is -0.139. The van der Waals surface area contributed by atoms with Crippen molar-refractivity contribution in [3.05, 3.63) is 52.0 Å². The average Bonchev–Trinajstić information content (AvgIpc) is 3.36. The molecule has 0 aromatic heterocycles. The predicted molar refractivity (Wildman–Crippen MR) is 131 cm³/mol. The lowest BCUT2D eigenvalue weighted by Crippen LogP contribution is -2.41. The van der Waals surface area contributed by atoms with Gasteiger partial charge in [-0.2, -0.15) is 5.10 Å². The minimum Gasteiger partial charge on any atom is -0.493 e. The molecule has 0 unspecified atom stereocenters. The summed E-state index contributed by atoms with van der Waals surface area (Å²) in [4.78, 5) is 35.9. The molecule has 1 aliphatic heterocycles. The van der Waals surface area contributed by atoms with Gasteiger partial charge in [0.25, 0.3) is 5.91 Å². The van der Waals surface area contributed by atoms with Gasteiger partial charge in [-0.05, 0) is 54.8 Å². The smallest absolute Gasteiger partial charge is 0.329 e. The summed E-state index contributed by atoms with van der Waals surface area (Å²) < 4.78 is 16.2. The quantitative estimate of drug-likeness (QED) is 0.264. The van der Waals surface area contributed by atoms with Gasteiger partial charge >= 0.3 is 11.8 Å². The first-order valence-corrected chi connectivity index (χ1v) is 11.4. The molecule has 3 rings (SSSR count). The lowest BCUT2D eigenvalue weighted by Gasteiger charge is -2.13. The van der Waals surface area contributed by atoms with E-state index in [-0.39, 0.29) is 35.8 Å². The van der Waals surface area contributed by atoms with Gasteiger partial charge in [-0.15, -0.1) is 0 Å². The molecule has 1 atom stereocenters. The number of methoxy groups -OCH3 is 1. The largest absolute Gasteiger partial charge is 0.493 e. The zero-order chi connectivity index (χ0) is 25.2. The Labute approximate surface area is 211 Å². The number of nitrogens with zero attached hydrogens (tertiary/aromatic N) is 1. The average molecular weight is 523 g/mol. The molecule has 1 heterocycles. The van der Waals surface area contributed by atoms with Crippen LogP contribution in [0.15, 0.2) is 41.5 Å². The lowest BCUT2D eigenvalue weighted by atomic mass is 10.2. The highest BCUT2D eigenvalue weighted by molar-refractivity contribution is 6.35. The fourth-order valence-electron chi connectivity index (χ4n) is 3.13. The number of hydrogen-bond donors (Lipinski definition) is 3. The van der Waals surface area contributed by atoms with Crippen LogP contribution in [0, 0.1) is 0 Å². The zero-order valence-electron chi connectivity index (χ0n) is 18.8. The normalized spacial score (nSPS) is 15.0. The molecule has 0 radical (unpaired) electrons. The number of ether oxygens (including phenoxy) is 3. The molecule has 3 amide bonds. The molecular formula is C23H24Cl2N4O6. The highest BCUT2D eigenvalue weighted by Gasteiger charge is 2.19. The number of hydrogen-bond acceptors (Lipinski definition) is 7. The molecular weight excluding hydrogens is 499 g/mol. The van der Waals surface area contributed by atoms with Crippen molar-refractivity contribution in [2.45, 2.75) is 18.9 Å².